The third kappa shape index (κ3) is 5.37. The van der Waals surface area contributed by atoms with Crippen LogP contribution >= 0.6 is 11.6 Å². The molecule has 0 fully saturated rings. The first-order chi connectivity index (χ1) is 3.95. The standard InChI is InChI=1S/C6H9ClO2/c1-4-5(8)9-6(2,3)7/h4H,1H2,2-3H3. The van der Waals surface area contributed by atoms with Gasteiger partial charge in [0.25, 0.3) is 0 Å². The van der Waals surface area contributed by atoms with E-state index < -0.39 is 11.0 Å². The molecule has 0 N–H and O–H groups in total. The average molecular weight is 149 g/mol. The first-order valence-electron chi connectivity index (χ1n) is 2.50. The molecule has 2 nitrogen and oxygen atoms in total. The number of hydrogen-bond acceptors (Lipinski definition) is 2. The van der Waals surface area contributed by atoms with Gasteiger partial charge in [0.05, 0.1) is 0 Å². The van der Waals surface area contributed by atoms with Crippen molar-refractivity contribution < 1.29 is 9.53 Å². The smallest absolute Gasteiger partial charge is 0.331 e. The zero-order valence-electron chi connectivity index (χ0n) is 5.48. The Morgan fingerprint density at radius 1 is 1.78 bits per heavy atom. The van der Waals surface area contributed by atoms with Crippen molar-refractivity contribution in [1.29, 1.82) is 0 Å². The molecule has 0 rings (SSSR count). The van der Waals surface area contributed by atoms with Gasteiger partial charge in [-0.1, -0.05) is 18.2 Å². The summed E-state index contributed by atoms with van der Waals surface area (Å²) in [5, 5.41) is -0.925. The first-order valence-corrected chi connectivity index (χ1v) is 2.88. The minimum atomic E-state index is -0.925. The summed E-state index contributed by atoms with van der Waals surface area (Å²) in [6.07, 6.45) is 1.07. The maximum Gasteiger partial charge on any atom is 0.331 e. The molecular weight excluding hydrogens is 140 g/mol. The number of ether oxygens (including phenoxy) is 1. The summed E-state index contributed by atoms with van der Waals surface area (Å²) >= 11 is 5.52. The van der Waals surface area contributed by atoms with Crippen LogP contribution in [0.1, 0.15) is 13.8 Å². The monoisotopic (exact) mass is 148 g/mol. The Kier molecular flexibility index (Phi) is 2.71. The van der Waals surface area contributed by atoms with Gasteiger partial charge in [0.15, 0.2) is 5.06 Å². The van der Waals surface area contributed by atoms with Crippen LogP contribution in [-0.2, 0) is 9.53 Å². The van der Waals surface area contributed by atoms with Crippen molar-refractivity contribution in [3.05, 3.63) is 12.7 Å². The topological polar surface area (TPSA) is 26.3 Å². The zero-order valence-corrected chi connectivity index (χ0v) is 6.23. The van der Waals surface area contributed by atoms with E-state index in [4.69, 9.17) is 11.6 Å². The fourth-order valence-corrected chi connectivity index (χ4v) is 0.357. The summed E-state index contributed by atoms with van der Waals surface area (Å²) in [5.74, 6) is -0.505. The number of alkyl halides is 1. The maximum absolute atomic E-state index is 10.4. The molecule has 0 amide bonds. The van der Waals surface area contributed by atoms with Gasteiger partial charge in [-0.15, -0.1) is 0 Å². The van der Waals surface area contributed by atoms with E-state index >= 15 is 0 Å². The highest BCUT2D eigenvalue weighted by Crippen LogP contribution is 2.13. The largest absolute Gasteiger partial charge is 0.441 e. The second kappa shape index (κ2) is 2.87. The Morgan fingerprint density at radius 3 is 2.33 bits per heavy atom. The van der Waals surface area contributed by atoms with Gasteiger partial charge in [0, 0.05) is 6.08 Å². The predicted octanol–water partition coefficient (Wildman–Crippen LogP) is 1.69. The van der Waals surface area contributed by atoms with E-state index in [-0.39, 0.29) is 0 Å². The van der Waals surface area contributed by atoms with Crippen LogP contribution in [0.4, 0.5) is 0 Å². The zero-order chi connectivity index (χ0) is 7.49. The summed E-state index contributed by atoms with van der Waals surface area (Å²) in [7, 11) is 0. The summed E-state index contributed by atoms with van der Waals surface area (Å²) in [6, 6.07) is 0. The Labute approximate surface area is 59.5 Å². The second-order valence-electron chi connectivity index (χ2n) is 1.99. The lowest BCUT2D eigenvalue weighted by molar-refractivity contribution is -0.143. The van der Waals surface area contributed by atoms with Crippen LogP contribution in [0.25, 0.3) is 0 Å². The number of rotatable bonds is 2. The van der Waals surface area contributed by atoms with Gasteiger partial charge < -0.3 is 4.74 Å². The van der Waals surface area contributed by atoms with Gasteiger partial charge in [-0.2, -0.15) is 0 Å². The van der Waals surface area contributed by atoms with E-state index in [1.807, 2.05) is 0 Å². The number of halogens is 1. The molecule has 0 bridgehead atoms. The van der Waals surface area contributed by atoms with Crippen LogP contribution in [0.3, 0.4) is 0 Å². The Hall–Kier alpha value is -0.500. The van der Waals surface area contributed by atoms with Crippen molar-refractivity contribution in [2.24, 2.45) is 0 Å². The first kappa shape index (κ1) is 8.50. The van der Waals surface area contributed by atoms with Gasteiger partial charge in [-0.25, -0.2) is 4.79 Å². The van der Waals surface area contributed by atoms with Gasteiger partial charge in [-0.3, -0.25) is 0 Å². The lowest BCUT2D eigenvalue weighted by Crippen LogP contribution is -2.19. The molecule has 0 aromatic rings. The molecule has 0 atom stereocenters. The number of esters is 1. The molecule has 0 aromatic carbocycles. The molecule has 0 spiro atoms. The van der Waals surface area contributed by atoms with E-state index in [1.165, 1.54) is 0 Å². The van der Waals surface area contributed by atoms with Gasteiger partial charge in [0.2, 0.25) is 0 Å². The molecule has 0 saturated heterocycles. The van der Waals surface area contributed by atoms with Crippen molar-refractivity contribution in [2.75, 3.05) is 0 Å². The van der Waals surface area contributed by atoms with E-state index in [9.17, 15) is 4.79 Å². The van der Waals surface area contributed by atoms with Gasteiger partial charge in [-0.05, 0) is 13.8 Å². The average Bonchev–Trinajstić information content (AvgIpc) is 1.62. The molecule has 0 aromatic heterocycles. The Morgan fingerprint density at radius 2 is 2.22 bits per heavy atom. The maximum atomic E-state index is 10.4. The third-order valence-corrected chi connectivity index (χ3v) is 0.587. The molecule has 52 valence electrons. The van der Waals surface area contributed by atoms with Gasteiger partial charge >= 0.3 is 5.97 Å². The summed E-state index contributed by atoms with van der Waals surface area (Å²) in [5.41, 5.74) is 0. The fourth-order valence-electron chi connectivity index (χ4n) is 0.281. The molecule has 0 radical (unpaired) electrons. The van der Waals surface area contributed by atoms with Crippen LogP contribution in [0.5, 0.6) is 0 Å². The van der Waals surface area contributed by atoms with Crippen LogP contribution in [0.15, 0.2) is 12.7 Å². The van der Waals surface area contributed by atoms with Crippen molar-refractivity contribution >= 4 is 17.6 Å². The summed E-state index contributed by atoms with van der Waals surface area (Å²) in [4.78, 5) is 10.4. The Bertz CT molecular complexity index is 124. The van der Waals surface area contributed by atoms with Gasteiger partial charge in [0.1, 0.15) is 0 Å². The van der Waals surface area contributed by atoms with Crippen LogP contribution in [0.2, 0.25) is 0 Å². The van der Waals surface area contributed by atoms with E-state index in [2.05, 4.69) is 11.3 Å². The number of carbonyl (C=O) groups is 1. The van der Waals surface area contributed by atoms with Crippen LogP contribution in [0, 0.1) is 0 Å². The molecule has 0 unspecified atom stereocenters. The highest BCUT2D eigenvalue weighted by Gasteiger charge is 2.16. The molecule has 0 aliphatic heterocycles. The fraction of sp³-hybridized carbons (Fsp3) is 0.500. The summed E-state index contributed by atoms with van der Waals surface area (Å²) < 4.78 is 4.60. The minimum Gasteiger partial charge on any atom is -0.441 e. The quantitative estimate of drug-likeness (QED) is 0.339. The number of hydrogen-bond donors (Lipinski definition) is 0. The molecule has 0 aliphatic rings. The lowest BCUT2D eigenvalue weighted by Gasteiger charge is -2.14. The van der Waals surface area contributed by atoms with Crippen molar-refractivity contribution in [3.8, 4) is 0 Å². The molecule has 0 saturated carbocycles. The summed E-state index contributed by atoms with van der Waals surface area (Å²) in [6.45, 7) is 6.37. The van der Waals surface area contributed by atoms with E-state index in [1.54, 1.807) is 13.8 Å². The second-order valence-corrected chi connectivity index (χ2v) is 2.90. The minimum absolute atomic E-state index is 0.505. The molecule has 0 aliphatic carbocycles. The third-order valence-electron chi connectivity index (χ3n) is 0.510. The van der Waals surface area contributed by atoms with Crippen molar-refractivity contribution in [1.82, 2.24) is 0 Å². The van der Waals surface area contributed by atoms with Crippen molar-refractivity contribution in [3.63, 3.8) is 0 Å². The van der Waals surface area contributed by atoms with Crippen molar-refractivity contribution in [2.45, 2.75) is 18.9 Å². The normalized spacial score (nSPS) is 10.6. The van der Waals surface area contributed by atoms with Crippen LogP contribution < -0.4 is 0 Å². The van der Waals surface area contributed by atoms with E-state index in [0.717, 1.165) is 6.08 Å². The predicted molar refractivity (Wildman–Crippen MR) is 36.2 cm³/mol. The Balaban J connectivity index is 3.74. The molecular formula is C6H9ClO2. The highest BCUT2D eigenvalue weighted by atomic mass is 35.5. The molecule has 0 heterocycles. The number of carbonyl (C=O) groups excluding carboxylic acids is 1. The van der Waals surface area contributed by atoms with Crippen LogP contribution in [-0.4, -0.2) is 11.0 Å². The SMILES string of the molecule is C=CC(=O)OC(C)(C)Cl. The van der Waals surface area contributed by atoms with E-state index in [0.29, 0.717) is 0 Å². The molecule has 9 heavy (non-hydrogen) atoms. The molecule has 3 heteroatoms. The lowest BCUT2D eigenvalue weighted by atomic mass is 10.4. The highest BCUT2D eigenvalue weighted by molar-refractivity contribution is 6.23.